The van der Waals surface area contributed by atoms with E-state index in [1.54, 1.807) is 4.90 Å². The Morgan fingerprint density at radius 1 is 1.26 bits per heavy atom. The van der Waals surface area contributed by atoms with Crippen molar-refractivity contribution in [1.82, 2.24) is 10.6 Å². The van der Waals surface area contributed by atoms with E-state index in [1.807, 2.05) is 6.07 Å². The molecule has 2 rings (SSSR count). The van der Waals surface area contributed by atoms with Crippen molar-refractivity contribution in [3.63, 3.8) is 0 Å². The first-order valence-corrected chi connectivity index (χ1v) is 7.54. The second-order valence-corrected chi connectivity index (χ2v) is 5.78. The van der Waals surface area contributed by atoms with Crippen LogP contribution in [-0.4, -0.2) is 37.8 Å². The molecule has 0 spiro atoms. The van der Waals surface area contributed by atoms with Crippen molar-refractivity contribution in [2.45, 2.75) is 25.3 Å². The number of benzene rings is 1. The fourth-order valence-corrected chi connectivity index (χ4v) is 2.73. The minimum Gasteiger partial charge on any atom is -0.362 e. The molecule has 0 saturated carbocycles. The molecular weight excluding hydrogens is 254 g/mol. The summed E-state index contributed by atoms with van der Waals surface area (Å²) < 4.78 is 0. The average molecular weight is 278 g/mol. The second kappa shape index (κ2) is 7.46. The zero-order valence-electron chi connectivity index (χ0n) is 11.6. The highest BCUT2D eigenvalue weighted by Gasteiger charge is 2.19. The molecule has 0 aliphatic carbocycles. The van der Waals surface area contributed by atoms with E-state index in [0.717, 1.165) is 18.1 Å². The zero-order chi connectivity index (χ0) is 13.5. The van der Waals surface area contributed by atoms with Crippen molar-refractivity contribution in [2.24, 2.45) is 0 Å². The number of thiocarbonyl (C=S) groups is 1. The van der Waals surface area contributed by atoms with Crippen LogP contribution in [0.4, 0.5) is 0 Å². The van der Waals surface area contributed by atoms with Gasteiger partial charge in [0.1, 0.15) is 0 Å². The van der Waals surface area contributed by atoms with Gasteiger partial charge in [-0.2, -0.15) is 0 Å². The Morgan fingerprint density at radius 3 is 2.63 bits per heavy atom. The molecule has 0 bridgehead atoms. The number of quaternary nitrogens is 1. The summed E-state index contributed by atoms with van der Waals surface area (Å²) in [6, 6.07) is 11.1. The Labute approximate surface area is 121 Å². The third-order valence-corrected chi connectivity index (χ3v) is 3.98. The van der Waals surface area contributed by atoms with Gasteiger partial charge in [-0.05, 0) is 24.2 Å². The highest BCUT2D eigenvalue weighted by atomic mass is 32.1. The summed E-state index contributed by atoms with van der Waals surface area (Å²) in [5, 5.41) is 7.54. The maximum Gasteiger partial charge on any atom is 0.166 e. The van der Waals surface area contributed by atoms with Crippen molar-refractivity contribution in [3.05, 3.63) is 35.9 Å². The van der Waals surface area contributed by atoms with E-state index >= 15 is 0 Å². The van der Waals surface area contributed by atoms with Crippen LogP contribution < -0.4 is 15.5 Å². The van der Waals surface area contributed by atoms with Crippen molar-refractivity contribution >= 4 is 17.3 Å². The van der Waals surface area contributed by atoms with Crippen molar-refractivity contribution in [1.29, 1.82) is 0 Å². The molecule has 0 aromatic heterocycles. The van der Waals surface area contributed by atoms with Crippen LogP contribution in [0.1, 0.15) is 18.4 Å². The van der Waals surface area contributed by atoms with Crippen LogP contribution in [0.15, 0.2) is 30.3 Å². The summed E-state index contributed by atoms with van der Waals surface area (Å²) in [4.78, 5) is 1.63. The summed E-state index contributed by atoms with van der Waals surface area (Å²) in [6.07, 6.45) is 3.44. The third-order valence-electron chi connectivity index (χ3n) is 3.72. The molecule has 0 amide bonds. The van der Waals surface area contributed by atoms with Crippen LogP contribution in [0, 0.1) is 0 Å². The largest absolute Gasteiger partial charge is 0.362 e. The molecule has 0 unspecified atom stereocenters. The average Bonchev–Trinajstić information content (AvgIpc) is 2.43. The van der Waals surface area contributed by atoms with Gasteiger partial charge in [0.15, 0.2) is 5.11 Å². The number of rotatable bonds is 4. The fraction of sp³-hybridized carbons (Fsp3) is 0.533. The molecule has 3 N–H and O–H groups in total. The van der Waals surface area contributed by atoms with E-state index in [2.05, 4.69) is 41.9 Å². The van der Waals surface area contributed by atoms with Gasteiger partial charge in [0.25, 0.3) is 0 Å². The minimum atomic E-state index is 0.556. The Kier molecular flexibility index (Phi) is 5.61. The van der Waals surface area contributed by atoms with Crippen molar-refractivity contribution in [2.75, 3.05) is 26.7 Å². The number of hydrogen-bond donors (Lipinski definition) is 3. The lowest BCUT2D eigenvalue weighted by Crippen LogP contribution is -3.10. The van der Waals surface area contributed by atoms with E-state index in [4.69, 9.17) is 12.2 Å². The van der Waals surface area contributed by atoms with Crippen molar-refractivity contribution < 1.29 is 4.90 Å². The van der Waals surface area contributed by atoms with Gasteiger partial charge < -0.3 is 15.5 Å². The van der Waals surface area contributed by atoms with Gasteiger partial charge in [-0.1, -0.05) is 30.3 Å². The van der Waals surface area contributed by atoms with E-state index in [9.17, 15) is 0 Å². The number of nitrogens with one attached hydrogen (secondary N) is 3. The molecule has 1 aliphatic rings. The highest BCUT2D eigenvalue weighted by molar-refractivity contribution is 7.80. The highest BCUT2D eigenvalue weighted by Crippen LogP contribution is 2.00. The molecule has 1 aromatic carbocycles. The molecule has 0 atom stereocenters. The van der Waals surface area contributed by atoms with Gasteiger partial charge in [0.2, 0.25) is 0 Å². The fourth-order valence-electron chi connectivity index (χ4n) is 2.46. The van der Waals surface area contributed by atoms with Gasteiger partial charge in [-0.25, -0.2) is 0 Å². The Hall–Kier alpha value is -1.13. The summed E-state index contributed by atoms with van der Waals surface area (Å²) in [6.45, 7) is 3.38. The first kappa shape index (κ1) is 14.3. The molecule has 1 aromatic rings. The second-order valence-electron chi connectivity index (χ2n) is 5.37. The lowest BCUT2D eigenvalue weighted by atomic mass is 10.1. The molecule has 0 radical (unpaired) electrons. The van der Waals surface area contributed by atoms with Gasteiger partial charge in [-0.15, -0.1) is 0 Å². The molecule has 1 aliphatic heterocycles. The van der Waals surface area contributed by atoms with Crippen LogP contribution in [-0.2, 0) is 6.42 Å². The number of likely N-dealkylation sites (tertiary alicyclic amines) is 1. The Bertz CT molecular complexity index is 386. The van der Waals surface area contributed by atoms with E-state index in [-0.39, 0.29) is 0 Å². The van der Waals surface area contributed by atoms with Crippen LogP contribution >= 0.6 is 12.2 Å². The van der Waals surface area contributed by atoms with Gasteiger partial charge in [-0.3, -0.25) is 0 Å². The predicted octanol–water partition coefficient (Wildman–Crippen LogP) is 0.370. The maximum atomic E-state index is 5.35. The summed E-state index contributed by atoms with van der Waals surface area (Å²) in [7, 11) is 2.26. The first-order valence-electron chi connectivity index (χ1n) is 7.13. The predicted molar refractivity (Wildman–Crippen MR) is 83.5 cm³/mol. The lowest BCUT2D eigenvalue weighted by Gasteiger charge is -2.28. The quantitative estimate of drug-likeness (QED) is 0.695. The monoisotopic (exact) mass is 278 g/mol. The maximum absolute atomic E-state index is 5.35. The van der Waals surface area contributed by atoms with Crippen molar-refractivity contribution in [3.8, 4) is 0 Å². The first-order chi connectivity index (χ1) is 9.24. The Balaban J connectivity index is 1.62. The van der Waals surface area contributed by atoms with Crippen LogP contribution in [0.5, 0.6) is 0 Å². The number of hydrogen-bond acceptors (Lipinski definition) is 1. The lowest BCUT2D eigenvalue weighted by molar-refractivity contribution is -0.884. The summed E-state index contributed by atoms with van der Waals surface area (Å²) >= 11 is 5.35. The molecule has 104 valence electrons. The third kappa shape index (κ3) is 5.17. The molecule has 1 heterocycles. The van der Waals surface area contributed by atoms with Gasteiger partial charge >= 0.3 is 0 Å². The molecule has 1 fully saturated rings. The van der Waals surface area contributed by atoms with Crippen LogP contribution in [0.25, 0.3) is 0 Å². The summed E-state index contributed by atoms with van der Waals surface area (Å²) in [5.74, 6) is 0. The summed E-state index contributed by atoms with van der Waals surface area (Å²) in [5.41, 5.74) is 1.35. The van der Waals surface area contributed by atoms with E-state index in [1.165, 1.54) is 31.5 Å². The Morgan fingerprint density at radius 2 is 1.95 bits per heavy atom. The topological polar surface area (TPSA) is 28.5 Å². The molecule has 3 nitrogen and oxygen atoms in total. The van der Waals surface area contributed by atoms with E-state index < -0.39 is 0 Å². The van der Waals surface area contributed by atoms with Gasteiger partial charge in [0, 0.05) is 25.4 Å². The van der Waals surface area contributed by atoms with Gasteiger partial charge in [0.05, 0.1) is 20.1 Å². The standard InChI is InChI=1S/C15H23N3S/c1-18-11-8-14(9-12-18)17-15(19)16-10-7-13-5-3-2-4-6-13/h2-6,14H,7-12H2,1H3,(H2,16,17,19)/p+1. The van der Waals surface area contributed by atoms with Crippen LogP contribution in [0.2, 0.25) is 0 Å². The normalized spacial score (nSPS) is 22.8. The zero-order valence-corrected chi connectivity index (χ0v) is 12.4. The molecular formula is C15H24N3S+. The van der Waals surface area contributed by atoms with Crippen LogP contribution in [0.3, 0.4) is 0 Å². The molecule has 4 heteroatoms. The minimum absolute atomic E-state index is 0.556. The molecule has 1 saturated heterocycles. The van der Waals surface area contributed by atoms with E-state index in [0.29, 0.717) is 6.04 Å². The number of piperidine rings is 1. The SMILES string of the molecule is C[NH+]1CCC(NC(=S)NCCc2ccccc2)CC1. The smallest absolute Gasteiger partial charge is 0.166 e. The molecule has 19 heavy (non-hydrogen) atoms.